The van der Waals surface area contributed by atoms with Crippen molar-refractivity contribution < 1.29 is 13.2 Å². The largest absolute Gasteiger partial charge is 0.418 e. The van der Waals surface area contributed by atoms with Gasteiger partial charge < -0.3 is 5.32 Å². The molecule has 1 N–H and O–H groups in total. The van der Waals surface area contributed by atoms with Crippen molar-refractivity contribution in [3.63, 3.8) is 0 Å². The van der Waals surface area contributed by atoms with Crippen LogP contribution in [0.25, 0.3) is 0 Å². The molecule has 1 fully saturated rings. The molecule has 1 atom stereocenters. The lowest BCUT2D eigenvalue weighted by atomic mass is 10.0. The Kier molecular flexibility index (Phi) is 4.42. The Bertz CT molecular complexity index is 420. The van der Waals surface area contributed by atoms with Crippen LogP contribution in [0.15, 0.2) is 18.3 Å². The van der Waals surface area contributed by atoms with E-state index in [4.69, 9.17) is 0 Å². The molecule has 1 aliphatic rings. The maximum Gasteiger partial charge on any atom is 0.418 e. The zero-order chi connectivity index (χ0) is 13.9. The van der Waals surface area contributed by atoms with E-state index >= 15 is 0 Å². The zero-order valence-corrected chi connectivity index (χ0v) is 10.9. The van der Waals surface area contributed by atoms with Gasteiger partial charge in [0.1, 0.15) is 0 Å². The van der Waals surface area contributed by atoms with Gasteiger partial charge in [-0.2, -0.15) is 13.2 Å². The van der Waals surface area contributed by atoms with Gasteiger partial charge in [0.15, 0.2) is 0 Å². The minimum atomic E-state index is -4.33. The lowest BCUT2D eigenvalue weighted by molar-refractivity contribution is -0.138. The number of likely N-dealkylation sites (N-methyl/N-ethyl adjacent to an activating group) is 1. The smallest absolute Gasteiger partial charge is 0.316 e. The number of likely N-dealkylation sites (tertiary alicyclic amines) is 1. The van der Waals surface area contributed by atoms with Crippen LogP contribution in [0, 0.1) is 0 Å². The van der Waals surface area contributed by atoms with Crippen LogP contribution in [-0.2, 0) is 12.7 Å². The van der Waals surface area contributed by atoms with Gasteiger partial charge in [-0.3, -0.25) is 9.88 Å². The summed E-state index contributed by atoms with van der Waals surface area (Å²) in [6.45, 7) is 1.85. The number of pyridine rings is 1. The van der Waals surface area contributed by atoms with Crippen molar-refractivity contribution in [1.82, 2.24) is 15.2 Å². The van der Waals surface area contributed by atoms with Crippen molar-refractivity contribution in [3.8, 4) is 0 Å². The van der Waals surface area contributed by atoms with Crippen LogP contribution in [0.3, 0.4) is 0 Å². The Labute approximate surface area is 110 Å². The number of rotatable bonds is 3. The summed E-state index contributed by atoms with van der Waals surface area (Å²) < 4.78 is 38.6. The Balaban J connectivity index is 2.11. The molecular weight excluding hydrogens is 255 g/mol. The van der Waals surface area contributed by atoms with Crippen LogP contribution in [-0.4, -0.2) is 36.1 Å². The monoisotopic (exact) mass is 273 g/mol. The topological polar surface area (TPSA) is 28.2 Å². The molecular formula is C13H18F3N3. The summed E-state index contributed by atoms with van der Waals surface area (Å²) in [4.78, 5) is 5.94. The van der Waals surface area contributed by atoms with E-state index in [0.717, 1.165) is 32.0 Å². The highest BCUT2D eigenvalue weighted by molar-refractivity contribution is 5.23. The second kappa shape index (κ2) is 5.88. The van der Waals surface area contributed by atoms with Crippen molar-refractivity contribution in [2.45, 2.75) is 31.6 Å². The highest BCUT2D eigenvalue weighted by Gasteiger charge is 2.34. The predicted molar refractivity (Wildman–Crippen MR) is 66.6 cm³/mol. The molecule has 0 amide bonds. The normalized spacial score (nSPS) is 21.6. The van der Waals surface area contributed by atoms with Gasteiger partial charge in [0, 0.05) is 25.3 Å². The third kappa shape index (κ3) is 3.67. The molecule has 0 bridgehead atoms. The van der Waals surface area contributed by atoms with Crippen molar-refractivity contribution in [2.75, 3.05) is 20.1 Å². The third-order valence-corrected chi connectivity index (χ3v) is 3.48. The molecule has 1 aliphatic heterocycles. The Morgan fingerprint density at radius 2 is 2.26 bits per heavy atom. The minimum absolute atomic E-state index is 0.117. The Morgan fingerprint density at radius 3 is 2.95 bits per heavy atom. The lowest BCUT2D eigenvalue weighted by Crippen LogP contribution is -2.44. The first-order valence-electron chi connectivity index (χ1n) is 6.41. The molecule has 6 heteroatoms. The van der Waals surface area contributed by atoms with Crippen LogP contribution >= 0.6 is 0 Å². The van der Waals surface area contributed by atoms with Crippen LogP contribution in [0.4, 0.5) is 13.2 Å². The molecule has 0 aliphatic carbocycles. The fourth-order valence-corrected chi connectivity index (χ4v) is 2.47. The summed E-state index contributed by atoms with van der Waals surface area (Å²) in [7, 11) is 1.88. The van der Waals surface area contributed by atoms with Gasteiger partial charge in [-0.25, -0.2) is 0 Å². The van der Waals surface area contributed by atoms with E-state index in [1.54, 1.807) is 0 Å². The Hall–Kier alpha value is -1.14. The first kappa shape index (κ1) is 14.3. The number of halogens is 3. The average Bonchev–Trinajstić information content (AvgIpc) is 2.38. The molecule has 1 aromatic rings. The van der Waals surface area contributed by atoms with E-state index in [1.807, 2.05) is 11.9 Å². The summed E-state index contributed by atoms with van der Waals surface area (Å²) in [6.07, 6.45) is -0.840. The van der Waals surface area contributed by atoms with Gasteiger partial charge in [0.05, 0.1) is 11.3 Å². The van der Waals surface area contributed by atoms with Gasteiger partial charge >= 0.3 is 6.18 Å². The van der Waals surface area contributed by atoms with E-state index in [-0.39, 0.29) is 12.2 Å². The van der Waals surface area contributed by atoms with Crippen LogP contribution < -0.4 is 5.32 Å². The number of piperidine rings is 1. The number of hydrogen-bond acceptors (Lipinski definition) is 3. The summed E-state index contributed by atoms with van der Waals surface area (Å²) in [5.41, 5.74) is -0.506. The number of nitrogens with zero attached hydrogens (tertiary/aromatic N) is 2. The third-order valence-electron chi connectivity index (χ3n) is 3.48. The summed E-state index contributed by atoms with van der Waals surface area (Å²) in [5, 5.41) is 3.18. The molecule has 3 nitrogen and oxygen atoms in total. The van der Waals surface area contributed by atoms with Crippen LogP contribution in [0.2, 0.25) is 0 Å². The van der Waals surface area contributed by atoms with Gasteiger partial charge in [0.2, 0.25) is 0 Å². The standard InChI is InChI=1S/C13H18F3N3/c1-17-10-4-3-7-19(8-10)9-12-11(13(14,15)16)5-2-6-18-12/h2,5-6,10,17H,3-4,7-9H2,1H3. The van der Waals surface area contributed by atoms with Gasteiger partial charge in [0.25, 0.3) is 0 Å². The fourth-order valence-electron chi connectivity index (χ4n) is 2.47. The van der Waals surface area contributed by atoms with Crippen LogP contribution in [0.5, 0.6) is 0 Å². The van der Waals surface area contributed by atoms with Crippen molar-refractivity contribution in [3.05, 3.63) is 29.6 Å². The molecule has 0 aromatic carbocycles. The molecule has 1 aromatic heterocycles. The summed E-state index contributed by atoms with van der Waals surface area (Å²) in [6, 6.07) is 2.78. The number of aromatic nitrogens is 1. The molecule has 0 radical (unpaired) electrons. The first-order chi connectivity index (χ1) is 9.00. The van der Waals surface area contributed by atoms with Gasteiger partial charge in [-0.15, -0.1) is 0 Å². The molecule has 19 heavy (non-hydrogen) atoms. The summed E-state index contributed by atoms with van der Waals surface area (Å²) >= 11 is 0. The van der Waals surface area contributed by atoms with Crippen molar-refractivity contribution >= 4 is 0 Å². The quantitative estimate of drug-likeness (QED) is 0.916. The molecule has 0 spiro atoms. The molecule has 0 saturated carbocycles. The van der Waals surface area contributed by atoms with E-state index in [2.05, 4.69) is 10.3 Å². The minimum Gasteiger partial charge on any atom is -0.316 e. The lowest BCUT2D eigenvalue weighted by Gasteiger charge is -2.32. The van der Waals surface area contributed by atoms with Crippen LogP contribution in [0.1, 0.15) is 24.1 Å². The highest BCUT2D eigenvalue weighted by atomic mass is 19.4. The van der Waals surface area contributed by atoms with E-state index in [1.165, 1.54) is 12.3 Å². The van der Waals surface area contributed by atoms with Crippen molar-refractivity contribution in [1.29, 1.82) is 0 Å². The number of nitrogens with one attached hydrogen (secondary N) is 1. The maximum atomic E-state index is 12.9. The number of hydrogen-bond donors (Lipinski definition) is 1. The predicted octanol–water partition coefficient (Wildman–Crippen LogP) is 2.28. The summed E-state index contributed by atoms with van der Waals surface area (Å²) in [5.74, 6) is 0. The second-order valence-electron chi connectivity index (χ2n) is 4.86. The maximum absolute atomic E-state index is 12.9. The average molecular weight is 273 g/mol. The second-order valence-corrected chi connectivity index (χ2v) is 4.86. The SMILES string of the molecule is CNC1CCCN(Cc2ncccc2C(F)(F)F)C1. The molecule has 1 saturated heterocycles. The number of alkyl halides is 3. The van der Waals surface area contributed by atoms with E-state index in [0.29, 0.717) is 6.04 Å². The first-order valence-corrected chi connectivity index (χ1v) is 6.41. The van der Waals surface area contributed by atoms with Gasteiger partial charge in [-0.05, 0) is 38.6 Å². The van der Waals surface area contributed by atoms with E-state index in [9.17, 15) is 13.2 Å². The zero-order valence-electron chi connectivity index (χ0n) is 10.9. The highest BCUT2D eigenvalue weighted by Crippen LogP contribution is 2.31. The molecule has 2 heterocycles. The van der Waals surface area contributed by atoms with Crippen molar-refractivity contribution in [2.24, 2.45) is 0 Å². The van der Waals surface area contributed by atoms with Gasteiger partial charge in [-0.1, -0.05) is 0 Å². The molecule has 2 rings (SSSR count). The Morgan fingerprint density at radius 1 is 1.47 bits per heavy atom. The molecule has 1 unspecified atom stereocenters. The van der Waals surface area contributed by atoms with E-state index < -0.39 is 11.7 Å². The fraction of sp³-hybridized carbons (Fsp3) is 0.615. The molecule has 106 valence electrons.